The van der Waals surface area contributed by atoms with E-state index in [1.165, 1.54) is 36.4 Å². The van der Waals surface area contributed by atoms with Crippen LogP contribution in [0.4, 0.5) is 4.39 Å². The molecule has 0 aliphatic heterocycles. The van der Waals surface area contributed by atoms with Gasteiger partial charge < -0.3 is 15.2 Å². The molecule has 8 nitrogen and oxygen atoms in total. The Morgan fingerprint density at radius 1 is 1.25 bits per heavy atom. The molecular weight excluding hydrogens is 510 g/mol. The summed E-state index contributed by atoms with van der Waals surface area (Å²) in [5, 5.41) is 13.6. The molecular formula is C25H23Cl2FN4O4. The average molecular weight is 533 g/mol. The van der Waals surface area contributed by atoms with Gasteiger partial charge in [-0.05, 0) is 48.7 Å². The lowest BCUT2D eigenvalue weighted by molar-refractivity contribution is -0.150. The number of benzene rings is 2. The van der Waals surface area contributed by atoms with Crippen LogP contribution in [0.3, 0.4) is 0 Å². The van der Waals surface area contributed by atoms with Crippen LogP contribution in [-0.2, 0) is 22.7 Å². The zero-order valence-corrected chi connectivity index (χ0v) is 21.2. The Morgan fingerprint density at radius 2 is 1.97 bits per heavy atom. The number of carbonyl (C=O) groups is 1. The summed E-state index contributed by atoms with van der Waals surface area (Å²) in [6, 6.07) is 9.83. The van der Waals surface area contributed by atoms with Crippen molar-refractivity contribution in [2.75, 3.05) is 0 Å². The van der Waals surface area contributed by atoms with Gasteiger partial charge in [0.2, 0.25) is 0 Å². The van der Waals surface area contributed by atoms with Gasteiger partial charge in [-0.15, -0.1) is 0 Å². The van der Waals surface area contributed by atoms with Gasteiger partial charge in [-0.2, -0.15) is 15.0 Å². The van der Waals surface area contributed by atoms with E-state index in [9.17, 15) is 9.59 Å². The van der Waals surface area contributed by atoms with Gasteiger partial charge >= 0.3 is 5.97 Å². The fourth-order valence-corrected chi connectivity index (χ4v) is 3.62. The van der Waals surface area contributed by atoms with Gasteiger partial charge in [0.1, 0.15) is 11.8 Å². The van der Waals surface area contributed by atoms with Crippen molar-refractivity contribution in [3.8, 4) is 17.6 Å². The molecule has 36 heavy (non-hydrogen) atoms. The van der Waals surface area contributed by atoms with Crippen molar-refractivity contribution in [3.63, 3.8) is 0 Å². The van der Waals surface area contributed by atoms with Crippen LogP contribution in [0.1, 0.15) is 36.2 Å². The number of esters is 1. The molecule has 2 aromatic carbocycles. The molecule has 0 fully saturated rings. The van der Waals surface area contributed by atoms with E-state index in [2.05, 4.69) is 5.10 Å². The number of ether oxygens (including phenoxy) is 2. The molecule has 0 unspecified atom stereocenters. The Morgan fingerprint density at radius 3 is 2.64 bits per heavy atom. The lowest BCUT2D eigenvalue weighted by atomic mass is 10.1. The first-order valence-corrected chi connectivity index (χ1v) is 11.6. The Hall–Kier alpha value is -3.45. The van der Waals surface area contributed by atoms with E-state index in [1.54, 1.807) is 20.8 Å². The maximum atomic E-state index is 15.4. The summed E-state index contributed by atoms with van der Waals surface area (Å²) in [5.41, 5.74) is 6.42. The molecule has 2 N–H and O–H groups in total. The molecule has 0 bridgehead atoms. The van der Waals surface area contributed by atoms with Crippen molar-refractivity contribution in [3.05, 3.63) is 85.0 Å². The fourth-order valence-electron chi connectivity index (χ4n) is 3.21. The zero-order chi connectivity index (χ0) is 26.6. The number of aryl methyl sites for hydroxylation is 1. The van der Waals surface area contributed by atoms with Crippen LogP contribution >= 0.6 is 23.2 Å². The lowest BCUT2D eigenvalue weighted by Crippen LogP contribution is -2.38. The summed E-state index contributed by atoms with van der Waals surface area (Å²) in [6.45, 7) is 4.69. The summed E-state index contributed by atoms with van der Waals surface area (Å²) < 4.78 is 27.1. The number of nitriles is 1. The topological polar surface area (TPSA) is 120 Å². The predicted octanol–water partition coefficient (Wildman–Crippen LogP) is 4.74. The normalized spacial score (nSPS) is 11.8. The van der Waals surface area contributed by atoms with Crippen molar-refractivity contribution in [1.82, 2.24) is 9.78 Å². The number of carbonyl (C=O) groups excluding carboxylic acids is 1. The quantitative estimate of drug-likeness (QED) is 0.416. The summed E-state index contributed by atoms with van der Waals surface area (Å²) in [6.07, 6.45) is -0.0150. The highest BCUT2D eigenvalue weighted by Crippen LogP contribution is 2.35. The lowest BCUT2D eigenvalue weighted by Gasteiger charge is -2.15. The smallest absolute Gasteiger partial charge is 0.324 e. The van der Waals surface area contributed by atoms with Crippen LogP contribution in [0.15, 0.2) is 41.2 Å². The van der Waals surface area contributed by atoms with E-state index in [0.29, 0.717) is 11.3 Å². The molecule has 0 amide bonds. The van der Waals surface area contributed by atoms with Crippen molar-refractivity contribution in [1.29, 1.82) is 5.26 Å². The second kappa shape index (κ2) is 11.5. The zero-order valence-electron chi connectivity index (χ0n) is 19.7. The maximum Gasteiger partial charge on any atom is 0.324 e. The minimum atomic E-state index is -0.838. The number of nitrogens with zero attached hydrogens (tertiary/aromatic N) is 3. The van der Waals surface area contributed by atoms with Crippen molar-refractivity contribution >= 4 is 29.2 Å². The van der Waals surface area contributed by atoms with E-state index in [1.807, 2.05) is 6.07 Å². The van der Waals surface area contributed by atoms with E-state index in [4.69, 9.17) is 43.7 Å². The van der Waals surface area contributed by atoms with Gasteiger partial charge in [-0.3, -0.25) is 9.59 Å². The number of halogens is 3. The molecule has 0 saturated heterocycles. The molecule has 3 rings (SSSR count). The predicted molar refractivity (Wildman–Crippen MR) is 133 cm³/mol. The molecule has 188 valence electrons. The van der Waals surface area contributed by atoms with E-state index in [-0.39, 0.29) is 45.0 Å². The third-order valence-corrected chi connectivity index (χ3v) is 5.76. The third-order valence-electron chi connectivity index (χ3n) is 5.24. The maximum absolute atomic E-state index is 15.4. The largest absolute Gasteiger partial charge is 0.453 e. The van der Waals surface area contributed by atoms with Gasteiger partial charge in [0, 0.05) is 17.0 Å². The molecule has 0 aliphatic rings. The number of rotatable bonds is 8. The van der Waals surface area contributed by atoms with Gasteiger partial charge in [0.05, 0.1) is 22.3 Å². The Labute approximate surface area is 217 Å². The van der Waals surface area contributed by atoms with E-state index in [0.717, 1.165) is 4.68 Å². The van der Waals surface area contributed by atoms with Crippen LogP contribution in [0.5, 0.6) is 11.5 Å². The van der Waals surface area contributed by atoms with Crippen LogP contribution in [0, 0.1) is 30.0 Å². The van der Waals surface area contributed by atoms with E-state index >= 15 is 4.39 Å². The van der Waals surface area contributed by atoms with E-state index < -0.39 is 30.1 Å². The highest BCUT2D eigenvalue weighted by Gasteiger charge is 2.20. The SMILES string of the molecule is Cc1cc(Cc2ccc(Cl)c(Oc3cc(Cl)cc(C#N)c3)c2F)nn(COC(=O)[C@@H](N)C(C)C)c1=O. The number of hydrogen-bond acceptors (Lipinski definition) is 7. The van der Waals surface area contributed by atoms with Crippen molar-refractivity contribution in [2.45, 2.75) is 40.0 Å². The highest BCUT2D eigenvalue weighted by atomic mass is 35.5. The van der Waals surface area contributed by atoms with Gasteiger partial charge in [0.15, 0.2) is 18.3 Å². The van der Waals surface area contributed by atoms with Crippen LogP contribution in [-0.4, -0.2) is 21.8 Å². The number of aromatic nitrogens is 2. The third kappa shape index (κ3) is 6.40. The minimum absolute atomic E-state index is 0.0113. The van der Waals surface area contributed by atoms with Gasteiger partial charge in [-0.25, -0.2) is 4.39 Å². The molecule has 1 aromatic heterocycles. The first-order chi connectivity index (χ1) is 17.0. The standard InChI is InChI=1S/C25H23Cl2FN4O4/c1-13(2)22(30)25(34)35-12-32-24(33)14(3)6-18(31-32)9-16-4-5-20(27)23(21(16)28)36-19-8-15(11-29)7-17(26)10-19/h4-8,10,13,22H,9,12,30H2,1-3H3/t22-/m0/s1. The van der Waals surface area contributed by atoms with Gasteiger partial charge in [-0.1, -0.05) is 43.1 Å². The monoisotopic (exact) mass is 532 g/mol. The highest BCUT2D eigenvalue weighted by molar-refractivity contribution is 6.32. The summed E-state index contributed by atoms with van der Waals surface area (Å²) >= 11 is 12.2. The first kappa shape index (κ1) is 27.1. The summed E-state index contributed by atoms with van der Waals surface area (Å²) in [5.74, 6) is -1.65. The Kier molecular flexibility index (Phi) is 8.69. The molecule has 1 heterocycles. The number of nitrogens with two attached hydrogens (primary N) is 1. The molecule has 1 atom stereocenters. The molecule has 0 radical (unpaired) electrons. The summed E-state index contributed by atoms with van der Waals surface area (Å²) in [7, 11) is 0. The number of hydrogen-bond donors (Lipinski definition) is 1. The first-order valence-electron chi connectivity index (χ1n) is 10.9. The fraction of sp³-hybridized carbons (Fsp3) is 0.280. The van der Waals surface area contributed by atoms with Crippen LogP contribution in [0.25, 0.3) is 0 Å². The Bertz CT molecular complexity index is 1400. The molecule has 0 spiro atoms. The Balaban J connectivity index is 1.88. The second-order valence-corrected chi connectivity index (χ2v) is 9.25. The van der Waals surface area contributed by atoms with Crippen molar-refractivity contribution < 1.29 is 18.7 Å². The molecule has 3 aromatic rings. The molecule has 0 aliphatic carbocycles. The second-order valence-electron chi connectivity index (χ2n) is 8.40. The minimum Gasteiger partial charge on any atom is -0.453 e. The van der Waals surface area contributed by atoms with Crippen molar-refractivity contribution in [2.24, 2.45) is 11.7 Å². The molecule has 0 saturated carbocycles. The summed E-state index contributed by atoms with van der Waals surface area (Å²) in [4.78, 5) is 24.5. The molecule has 11 heteroatoms. The van der Waals surface area contributed by atoms with Crippen LogP contribution in [0.2, 0.25) is 10.0 Å². The average Bonchev–Trinajstić information content (AvgIpc) is 2.83. The van der Waals surface area contributed by atoms with Gasteiger partial charge in [0.25, 0.3) is 5.56 Å². The van der Waals surface area contributed by atoms with Crippen LogP contribution < -0.4 is 16.0 Å².